The molecule has 0 spiro atoms. The van der Waals surface area contributed by atoms with Gasteiger partial charge >= 0.3 is 0 Å². The molecule has 0 aliphatic heterocycles. The van der Waals surface area contributed by atoms with Crippen LogP contribution in [0.25, 0.3) is 43.8 Å². The van der Waals surface area contributed by atoms with Gasteiger partial charge in [0.25, 0.3) is 0 Å². The van der Waals surface area contributed by atoms with Crippen LogP contribution >= 0.6 is 23.2 Å². The van der Waals surface area contributed by atoms with E-state index in [0.717, 1.165) is 32.7 Å². The molecule has 0 heterocycles. The van der Waals surface area contributed by atoms with E-state index < -0.39 is 0 Å². The van der Waals surface area contributed by atoms with Crippen molar-refractivity contribution in [2.45, 2.75) is 0 Å². The Hall–Kier alpha value is -3.60. The smallest absolute Gasteiger partial charge is 0.137 e. The van der Waals surface area contributed by atoms with Crippen LogP contribution < -0.4 is 0 Å². The summed E-state index contributed by atoms with van der Waals surface area (Å²) in [5, 5.41) is 44.7. The van der Waals surface area contributed by atoms with Gasteiger partial charge in [-0.1, -0.05) is 71.7 Å². The fourth-order valence-electron chi connectivity index (χ4n) is 4.21. The number of phenolic OH excluding ortho intramolecular Hbond substituents is 4. The first-order valence-electron chi connectivity index (χ1n) is 9.74. The quantitative estimate of drug-likeness (QED) is 0.205. The van der Waals surface area contributed by atoms with E-state index in [4.69, 9.17) is 23.2 Å². The molecule has 32 heavy (non-hydrogen) atoms. The number of hydrogen-bond donors (Lipinski definition) is 4. The van der Waals surface area contributed by atoms with Gasteiger partial charge in [0, 0.05) is 34.4 Å². The average Bonchev–Trinajstić information content (AvgIpc) is 2.78. The Morgan fingerprint density at radius 2 is 0.750 bits per heavy atom. The third-order valence-electron chi connectivity index (χ3n) is 5.60. The number of halogens is 2. The molecular formula is C26H16Cl2O4. The average molecular weight is 463 g/mol. The van der Waals surface area contributed by atoms with Gasteiger partial charge in [0.05, 0.1) is 10.0 Å². The molecule has 5 aromatic rings. The molecule has 6 heteroatoms. The van der Waals surface area contributed by atoms with E-state index in [1.807, 2.05) is 48.5 Å². The zero-order valence-corrected chi connectivity index (χ0v) is 18.0. The van der Waals surface area contributed by atoms with Gasteiger partial charge in [0.2, 0.25) is 0 Å². The van der Waals surface area contributed by atoms with E-state index in [2.05, 4.69) is 0 Å². The number of rotatable bonds is 2. The maximum Gasteiger partial charge on any atom is 0.137 e. The van der Waals surface area contributed by atoms with Crippen LogP contribution in [-0.2, 0) is 0 Å². The molecule has 0 unspecified atom stereocenters. The second-order valence-corrected chi connectivity index (χ2v) is 8.30. The number of aromatic hydroxyl groups is 4. The highest BCUT2D eigenvalue weighted by Crippen LogP contribution is 2.49. The lowest BCUT2D eigenvalue weighted by atomic mass is 9.85. The maximum atomic E-state index is 10.7. The monoisotopic (exact) mass is 462 g/mol. The molecule has 0 bridgehead atoms. The first kappa shape index (κ1) is 20.3. The molecule has 0 aliphatic rings. The standard InChI is InChI=1S/C26H16Cl2O4/c27-19-9-17(21(29)11-23(19)31)25-13-5-1-2-6-14(13)26(16-8-4-3-7-15(16)25)18-10-20(28)24(32)12-22(18)30/h1-12,29-32H. The van der Waals surface area contributed by atoms with Crippen molar-refractivity contribution in [2.24, 2.45) is 0 Å². The molecule has 0 radical (unpaired) electrons. The van der Waals surface area contributed by atoms with Crippen LogP contribution in [0.15, 0.2) is 72.8 Å². The topological polar surface area (TPSA) is 80.9 Å². The first-order chi connectivity index (χ1) is 15.4. The molecule has 0 aromatic heterocycles. The lowest BCUT2D eigenvalue weighted by Crippen LogP contribution is -1.92. The van der Waals surface area contributed by atoms with E-state index in [0.29, 0.717) is 11.1 Å². The van der Waals surface area contributed by atoms with Crippen molar-refractivity contribution in [3.8, 4) is 45.3 Å². The minimum atomic E-state index is -0.207. The summed E-state index contributed by atoms with van der Waals surface area (Å²) < 4.78 is 0. The van der Waals surface area contributed by atoms with Gasteiger partial charge in [-0.05, 0) is 33.7 Å². The van der Waals surface area contributed by atoms with E-state index in [1.54, 1.807) is 0 Å². The molecule has 158 valence electrons. The van der Waals surface area contributed by atoms with Crippen LogP contribution in [0, 0.1) is 0 Å². The van der Waals surface area contributed by atoms with Crippen molar-refractivity contribution < 1.29 is 20.4 Å². The lowest BCUT2D eigenvalue weighted by molar-refractivity contribution is 0.451. The summed E-state index contributed by atoms with van der Waals surface area (Å²) in [6, 6.07) is 20.7. The Morgan fingerprint density at radius 3 is 1.06 bits per heavy atom. The molecule has 0 saturated carbocycles. The highest BCUT2D eigenvalue weighted by molar-refractivity contribution is 6.33. The number of hydrogen-bond acceptors (Lipinski definition) is 4. The van der Waals surface area contributed by atoms with Crippen LogP contribution in [0.2, 0.25) is 10.0 Å². The summed E-state index contributed by atoms with van der Waals surface area (Å²) in [5.74, 6) is -0.625. The molecule has 0 amide bonds. The highest BCUT2D eigenvalue weighted by Gasteiger charge is 2.21. The normalized spacial score (nSPS) is 11.3. The molecule has 0 atom stereocenters. The summed E-state index contributed by atoms with van der Waals surface area (Å²) in [5.41, 5.74) is 2.42. The van der Waals surface area contributed by atoms with E-state index >= 15 is 0 Å². The summed E-state index contributed by atoms with van der Waals surface area (Å²) in [7, 11) is 0. The van der Waals surface area contributed by atoms with E-state index in [9.17, 15) is 20.4 Å². The molecule has 5 aromatic carbocycles. The fourth-order valence-corrected chi connectivity index (χ4v) is 4.54. The highest BCUT2D eigenvalue weighted by atomic mass is 35.5. The molecule has 4 N–H and O–H groups in total. The Balaban J connectivity index is 2.00. The second kappa shape index (κ2) is 7.52. The third kappa shape index (κ3) is 3.08. The zero-order chi connectivity index (χ0) is 22.6. The van der Waals surface area contributed by atoms with Gasteiger partial charge in [-0.25, -0.2) is 0 Å². The summed E-state index contributed by atoms with van der Waals surface area (Å²) in [4.78, 5) is 0. The largest absolute Gasteiger partial charge is 0.507 e. The van der Waals surface area contributed by atoms with Gasteiger partial charge in [0.15, 0.2) is 0 Å². The zero-order valence-electron chi connectivity index (χ0n) is 16.5. The van der Waals surface area contributed by atoms with Crippen LogP contribution in [0.1, 0.15) is 0 Å². The Kier molecular flexibility index (Phi) is 4.77. The van der Waals surface area contributed by atoms with Crippen molar-refractivity contribution in [3.63, 3.8) is 0 Å². The van der Waals surface area contributed by atoms with Gasteiger partial charge in [-0.15, -0.1) is 0 Å². The van der Waals surface area contributed by atoms with Crippen molar-refractivity contribution in [2.75, 3.05) is 0 Å². The molecule has 5 rings (SSSR count). The van der Waals surface area contributed by atoms with Gasteiger partial charge < -0.3 is 20.4 Å². The number of fused-ring (bicyclic) bond motifs is 2. The van der Waals surface area contributed by atoms with E-state index in [1.165, 1.54) is 24.3 Å². The molecule has 0 saturated heterocycles. The van der Waals surface area contributed by atoms with Crippen molar-refractivity contribution in [1.29, 1.82) is 0 Å². The fraction of sp³-hybridized carbons (Fsp3) is 0. The van der Waals surface area contributed by atoms with Crippen LogP contribution in [0.5, 0.6) is 23.0 Å². The minimum Gasteiger partial charge on any atom is -0.507 e. The Bertz CT molecular complexity index is 1370. The SMILES string of the molecule is Oc1cc(O)c(-c2c3ccccc3c(-c3cc(Cl)c(O)cc3O)c3ccccc23)cc1Cl. The Labute approximate surface area is 193 Å². The summed E-state index contributed by atoms with van der Waals surface area (Å²) in [6.45, 7) is 0. The van der Waals surface area contributed by atoms with Gasteiger partial charge in [0.1, 0.15) is 23.0 Å². The third-order valence-corrected chi connectivity index (χ3v) is 6.21. The van der Waals surface area contributed by atoms with Crippen molar-refractivity contribution in [3.05, 3.63) is 82.8 Å². The van der Waals surface area contributed by atoms with Crippen molar-refractivity contribution >= 4 is 44.7 Å². The van der Waals surface area contributed by atoms with Crippen LogP contribution in [0.4, 0.5) is 0 Å². The summed E-state index contributed by atoms with van der Waals surface area (Å²) >= 11 is 12.4. The van der Waals surface area contributed by atoms with E-state index in [-0.39, 0.29) is 33.0 Å². The minimum absolute atomic E-state index is 0.106. The lowest BCUT2D eigenvalue weighted by Gasteiger charge is -2.19. The molecular weight excluding hydrogens is 447 g/mol. The maximum absolute atomic E-state index is 10.7. The predicted molar refractivity (Wildman–Crippen MR) is 129 cm³/mol. The predicted octanol–water partition coefficient (Wildman–Crippen LogP) is 7.46. The second-order valence-electron chi connectivity index (χ2n) is 7.48. The first-order valence-corrected chi connectivity index (χ1v) is 10.5. The van der Waals surface area contributed by atoms with Crippen LogP contribution in [0.3, 0.4) is 0 Å². The molecule has 0 fully saturated rings. The van der Waals surface area contributed by atoms with Gasteiger partial charge in [-0.3, -0.25) is 0 Å². The molecule has 0 aliphatic carbocycles. The van der Waals surface area contributed by atoms with Gasteiger partial charge in [-0.2, -0.15) is 0 Å². The molecule has 4 nitrogen and oxygen atoms in total. The number of phenols is 4. The Morgan fingerprint density at radius 1 is 0.438 bits per heavy atom. The van der Waals surface area contributed by atoms with Crippen LogP contribution in [-0.4, -0.2) is 20.4 Å². The summed E-state index contributed by atoms with van der Waals surface area (Å²) in [6.07, 6.45) is 0. The number of benzene rings is 5. The van der Waals surface area contributed by atoms with Crippen molar-refractivity contribution in [1.82, 2.24) is 0 Å².